The molecule has 0 rings (SSSR count). The highest BCUT2D eigenvalue weighted by Gasteiger charge is 2.20. The average Bonchev–Trinajstić information content (AvgIpc) is 2.24. The Morgan fingerprint density at radius 1 is 1.59 bits per heavy atom. The van der Waals surface area contributed by atoms with Crippen LogP contribution in [0.5, 0.6) is 0 Å². The Bertz CT molecular complexity index is 334. The quantitative estimate of drug-likeness (QED) is 0.199. The molecule has 1 amide bonds. The number of terminal acetylenes is 1. The molecule has 6 nitrogen and oxygen atoms in total. The van der Waals surface area contributed by atoms with Crippen LogP contribution in [0.15, 0.2) is 0 Å². The molecule has 0 spiro atoms. The normalized spacial score (nSPS) is 12.9. The molecule has 0 saturated carbocycles. The Kier molecular flexibility index (Phi) is 7.09. The van der Waals surface area contributed by atoms with Gasteiger partial charge in [-0.1, -0.05) is 0 Å². The predicted octanol–water partition coefficient (Wildman–Crippen LogP) is 0.106. The van der Waals surface area contributed by atoms with Gasteiger partial charge in [0.15, 0.2) is 0 Å². The minimum absolute atomic E-state index is 0.0454. The van der Waals surface area contributed by atoms with Crippen molar-refractivity contribution in [1.82, 2.24) is 10.4 Å². The Labute approximate surface area is 101 Å². The van der Waals surface area contributed by atoms with Gasteiger partial charge in [0.05, 0.1) is 6.67 Å². The van der Waals surface area contributed by atoms with Gasteiger partial charge in [-0.25, -0.2) is 5.06 Å². The number of hydrogen-bond donors (Lipinski definition) is 3. The van der Waals surface area contributed by atoms with E-state index in [0.29, 0.717) is 5.06 Å². The van der Waals surface area contributed by atoms with Crippen molar-refractivity contribution in [3.05, 3.63) is 0 Å². The average molecular weight is 262 g/mol. The van der Waals surface area contributed by atoms with Crippen LogP contribution in [0.1, 0.15) is 12.8 Å². The molecule has 7 heteroatoms. The molecular formula is C10H19N2O4P. The number of carbonyl (C=O) groups excluding carboxylic acids is 1. The van der Waals surface area contributed by atoms with Gasteiger partial charge in [-0.15, -0.1) is 12.3 Å². The minimum Gasteiger partial charge on any atom is -0.384 e. The van der Waals surface area contributed by atoms with E-state index in [9.17, 15) is 19.7 Å². The maximum atomic E-state index is 11.4. The lowest BCUT2D eigenvalue weighted by atomic mass is 10.3. The van der Waals surface area contributed by atoms with Crippen molar-refractivity contribution in [2.75, 3.05) is 26.5 Å². The summed E-state index contributed by atoms with van der Waals surface area (Å²) in [6, 6.07) is 0. The van der Waals surface area contributed by atoms with Crippen LogP contribution in [0.25, 0.3) is 0 Å². The van der Waals surface area contributed by atoms with E-state index in [1.54, 1.807) is 0 Å². The number of carbonyl (C=O) groups is 1. The molecule has 0 aliphatic carbocycles. The van der Waals surface area contributed by atoms with Gasteiger partial charge in [-0.2, -0.15) is 0 Å². The van der Waals surface area contributed by atoms with E-state index >= 15 is 0 Å². The zero-order valence-corrected chi connectivity index (χ0v) is 11.0. The van der Waals surface area contributed by atoms with Crippen molar-refractivity contribution in [1.29, 1.82) is 0 Å². The lowest BCUT2D eigenvalue weighted by Crippen LogP contribution is -2.39. The molecule has 3 N–H and O–H groups in total. The van der Waals surface area contributed by atoms with E-state index < -0.39 is 18.9 Å². The summed E-state index contributed by atoms with van der Waals surface area (Å²) in [7, 11) is -2.58. The predicted molar refractivity (Wildman–Crippen MR) is 65.0 cm³/mol. The summed E-state index contributed by atoms with van der Waals surface area (Å²) >= 11 is 0. The van der Waals surface area contributed by atoms with Gasteiger partial charge in [0.1, 0.15) is 13.0 Å². The maximum Gasteiger partial charge on any atom is 0.248 e. The Hall–Kier alpha value is -0.860. The van der Waals surface area contributed by atoms with E-state index in [-0.39, 0.29) is 26.1 Å². The summed E-state index contributed by atoms with van der Waals surface area (Å²) in [5, 5.41) is 21.8. The van der Waals surface area contributed by atoms with E-state index in [2.05, 4.69) is 11.2 Å². The Balaban J connectivity index is 3.86. The molecule has 0 fully saturated rings. The summed E-state index contributed by atoms with van der Waals surface area (Å²) in [6.07, 6.45) is 5.31. The van der Waals surface area contributed by atoms with Gasteiger partial charge < -0.3 is 9.67 Å². The molecule has 0 heterocycles. The van der Waals surface area contributed by atoms with Gasteiger partial charge in [0, 0.05) is 19.4 Å². The first-order chi connectivity index (χ1) is 7.79. The lowest BCUT2D eigenvalue weighted by molar-refractivity contribution is -0.166. The number of nitrogens with one attached hydrogen (secondary N) is 1. The largest absolute Gasteiger partial charge is 0.384 e. The summed E-state index contributed by atoms with van der Waals surface area (Å²) in [4.78, 5) is 11.2. The second kappa shape index (κ2) is 7.46. The van der Waals surface area contributed by atoms with Crippen LogP contribution < -0.4 is 5.32 Å². The van der Waals surface area contributed by atoms with E-state index in [4.69, 9.17) is 6.42 Å². The van der Waals surface area contributed by atoms with Crippen LogP contribution in [0.4, 0.5) is 0 Å². The van der Waals surface area contributed by atoms with Crippen LogP contribution in [0.2, 0.25) is 0 Å². The summed E-state index contributed by atoms with van der Waals surface area (Å²) in [6.45, 7) is 2.84. The fourth-order valence-electron chi connectivity index (χ4n) is 0.916. The Morgan fingerprint density at radius 3 is 2.65 bits per heavy atom. The summed E-state index contributed by atoms with van der Waals surface area (Å²) < 4.78 is 11.4. The number of hydroxylamine groups is 2. The molecule has 0 aliphatic heterocycles. The second-order valence-corrected chi connectivity index (χ2v) is 7.49. The topological polar surface area (TPSA) is 89.9 Å². The molecular weight excluding hydrogens is 243 g/mol. The first-order valence-electron chi connectivity index (χ1n) is 5.15. The highest BCUT2D eigenvalue weighted by Crippen LogP contribution is 2.40. The molecule has 1 atom stereocenters. The zero-order valence-electron chi connectivity index (χ0n) is 10.1. The first-order valence-corrected chi connectivity index (χ1v) is 7.82. The van der Waals surface area contributed by atoms with E-state index in [1.165, 1.54) is 13.3 Å². The molecule has 0 radical (unpaired) electrons. The van der Waals surface area contributed by atoms with Gasteiger partial charge in [-0.3, -0.25) is 15.3 Å². The first kappa shape index (κ1) is 16.1. The molecule has 0 aromatic rings. The molecule has 0 bridgehead atoms. The molecule has 1 unspecified atom stereocenters. The van der Waals surface area contributed by atoms with Crippen molar-refractivity contribution in [3.8, 4) is 12.3 Å². The van der Waals surface area contributed by atoms with Crippen molar-refractivity contribution >= 4 is 13.0 Å². The Morgan fingerprint density at radius 2 is 2.18 bits per heavy atom. The molecule has 0 aromatic heterocycles. The van der Waals surface area contributed by atoms with Crippen LogP contribution >= 0.6 is 7.14 Å². The van der Waals surface area contributed by atoms with Gasteiger partial charge in [0.2, 0.25) is 5.91 Å². The second-order valence-electron chi connectivity index (χ2n) is 4.02. The van der Waals surface area contributed by atoms with Crippen molar-refractivity contribution in [3.63, 3.8) is 0 Å². The number of aliphatic hydroxyl groups excluding tert-OH is 1. The van der Waals surface area contributed by atoms with Crippen molar-refractivity contribution < 1.29 is 19.7 Å². The lowest BCUT2D eigenvalue weighted by Gasteiger charge is -2.19. The van der Waals surface area contributed by atoms with Crippen molar-refractivity contribution in [2.24, 2.45) is 0 Å². The molecule has 98 valence electrons. The van der Waals surface area contributed by atoms with Gasteiger partial charge >= 0.3 is 0 Å². The fourth-order valence-corrected chi connectivity index (χ4v) is 1.48. The molecule has 0 aliphatic rings. The van der Waals surface area contributed by atoms with E-state index in [1.807, 2.05) is 0 Å². The van der Waals surface area contributed by atoms with E-state index in [0.717, 1.165) is 0 Å². The smallest absolute Gasteiger partial charge is 0.248 e. The van der Waals surface area contributed by atoms with Crippen LogP contribution in [-0.2, 0) is 9.36 Å². The molecule has 0 aromatic carbocycles. The van der Waals surface area contributed by atoms with Gasteiger partial charge in [0.25, 0.3) is 0 Å². The third-order valence-electron chi connectivity index (χ3n) is 2.08. The minimum atomic E-state index is -2.58. The highest BCUT2D eigenvalue weighted by atomic mass is 31.2. The number of hydrogen-bond acceptors (Lipinski definition) is 5. The van der Waals surface area contributed by atoms with Gasteiger partial charge in [-0.05, 0) is 13.3 Å². The fraction of sp³-hybridized carbons (Fsp3) is 0.700. The number of nitrogens with zero attached hydrogens (tertiary/aromatic N) is 1. The standard InChI is InChI=1S/C10H19N2O4P/c1-4-5-6-9(13)12(15)8-11-7-10(14)17(2,3)16/h1,10-11,14-15H,5-8H2,2-3H3. The van der Waals surface area contributed by atoms with Crippen LogP contribution in [0.3, 0.4) is 0 Å². The maximum absolute atomic E-state index is 11.4. The number of aliphatic hydroxyl groups is 1. The highest BCUT2D eigenvalue weighted by molar-refractivity contribution is 7.62. The monoisotopic (exact) mass is 262 g/mol. The zero-order chi connectivity index (χ0) is 13.5. The van der Waals surface area contributed by atoms with Crippen molar-refractivity contribution in [2.45, 2.75) is 18.7 Å². The summed E-state index contributed by atoms with van der Waals surface area (Å²) in [5.41, 5.74) is 0. The van der Waals surface area contributed by atoms with Crippen LogP contribution in [0, 0.1) is 12.3 Å². The summed E-state index contributed by atoms with van der Waals surface area (Å²) in [5.74, 6) is 0.804. The number of amides is 1. The molecule has 0 saturated heterocycles. The molecule has 17 heavy (non-hydrogen) atoms. The SMILES string of the molecule is C#CCCC(=O)N(O)CNCC(O)P(C)(C)=O. The third kappa shape index (κ3) is 7.14. The third-order valence-corrected chi connectivity index (χ3v) is 3.70. The number of rotatable bonds is 7. The van der Waals surface area contributed by atoms with Crippen LogP contribution in [-0.4, -0.2) is 53.7 Å².